The number of rotatable bonds is 4. The van der Waals surface area contributed by atoms with Gasteiger partial charge in [-0.1, -0.05) is 0 Å². The molecule has 0 aromatic carbocycles. The average molecular weight is 173 g/mol. The third-order valence-corrected chi connectivity index (χ3v) is 2.28. The minimum atomic E-state index is 0.215. The largest absolute Gasteiger partial charge is 0.395 e. The van der Waals surface area contributed by atoms with E-state index >= 15 is 0 Å². The maximum atomic E-state index is 8.77. The summed E-state index contributed by atoms with van der Waals surface area (Å²) in [6.07, 6.45) is 2.44. The number of ether oxygens (including phenoxy) is 1. The van der Waals surface area contributed by atoms with Gasteiger partial charge in [-0.15, -0.1) is 0 Å². The van der Waals surface area contributed by atoms with Gasteiger partial charge < -0.3 is 15.2 Å². The van der Waals surface area contributed by atoms with Crippen molar-refractivity contribution in [2.75, 3.05) is 26.4 Å². The predicted octanol–water partition coefficient (Wildman–Crippen LogP) is 0.383. The van der Waals surface area contributed by atoms with Crippen LogP contribution in [0.15, 0.2) is 0 Å². The number of hydrogen-bond acceptors (Lipinski definition) is 3. The normalized spacial score (nSPS) is 27.0. The molecule has 0 radical (unpaired) electrons. The molecule has 1 heterocycles. The smallest absolute Gasteiger partial charge is 0.0581 e. The van der Waals surface area contributed by atoms with Gasteiger partial charge in [0.2, 0.25) is 0 Å². The van der Waals surface area contributed by atoms with Gasteiger partial charge in [-0.05, 0) is 25.7 Å². The van der Waals surface area contributed by atoms with Crippen LogP contribution in [0.3, 0.4) is 0 Å². The summed E-state index contributed by atoms with van der Waals surface area (Å²) in [4.78, 5) is 0. The number of aliphatic hydroxyl groups excluding tert-OH is 1. The van der Waals surface area contributed by atoms with Crippen molar-refractivity contribution >= 4 is 0 Å². The van der Waals surface area contributed by atoms with Gasteiger partial charge in [-0.3, -0.25) is 0 Å². The van der Waals surface area contributed by atoms with Gasteiger partial charge >= 0.3 is 0 Å². The molecule has 1 rings (SSSR count). The Morgan fingerprint density at radius 1 is 1.67 bits per heavy atom. The van der Waals surface area contributed by atoms with Crippen molar-refractivity contribution in [3.05, 3.63) is 0 Å². The standard InChI is InChI=1S/C9H19NO2/c1-8(6-11)10-5-9-3-2-4-12-7-9/h8-11H,2-7H2,1H3. The average Bonchev–Trinajstić information content (AvgIpc) is 2.16. The molecule has 1 aliphatic heterocycles. The van der Waals surface area contributed by atoms with Crippen LogP contribution in [-0.2, 0) is 4.74 Å². The summed E-state index contributed by atoms with van der Waals surface area (Å²) in [6.45, 7) is 4.98. The highest BCUT2D eigenvalue weighted by Crippen LogP contribution is 2.12. The molecule has 1 saturated heterocycles. The molecule has 3 nitrogen and oxygen atoms in total. The Balaban J connectivity index is 2.05. The summed E-state index contributed by atoms with van der Waals surface area (Å²) in [5, 5.41) is 12.0. The lowest BCUT2D eigenvalue weighted by Gasteiger charge is -2.23. The molecule has 2 unspecified atom stereocenters. The van der Waals surface area contributed by atoms with Crippen molar-refractivity contribution in [3.63, 3.8) is 0 Å². The molecular weight excluding hydrogens is 154 g/mol. The maximum absolute atomic E-state index is 8.77. The van der Waals surface area contributed by atoms with E-state index in [1.165, 1.54) is 12.8 Å². The van der Waals surface area contributed by atoms with E-state index in [1.807, 2.05) is 6.92 Å². The topological polar surface area (TPSA) is 41.5 Å². The van der Waals surface area contributed by atoms with Gasteiger partial charge in [0.25, 0.3) is 0 Å². The van der Waals surface area contributed by atoms with Crippen LogP contribution in [0, 0.1) is 5.92 Å². The van der Waals surface area contributed by atoms with E-state index in [0.29, 0.717) is 5.92 Å². The third kappa shape index (κ3) is 3.52. The second-order valence-electron chi connectivity index (χ2n) is 3.58. The van der Waals surface area contributed by atoms with Crippen LogP contribution in [0.1, 0.15) is 19.8 Å². The van der Waals surface area contributed by atoms with Gasteiger partial charge in [-0.2, -0.15) is 0 Å². The molecular formula is C9H19NO2. The minimum absolute atomic E-state index is 0.215. The van der Waals surface area contributed by atoms with E-state index in [4.69, 9.17) is 9.84 Å². The number of aliphatic hydroxyl groups is 1. The summed E-state index contributed by atoms with van der Waals surface area (Å²) < 4.78 is 5.35. The SMILES string of the molecule is CC(CO)NCC1CCCOC1. The zero-order valence-corrected chi connectivity index (χ0v) is 7.75. The minimum Gasteiger partial charge on any atom is -0.395 e. The van der Waals surface area contributed by atoms with Crippen LogP contribution in [0.25, 0.3) is 0 Å². The Kier molecular flexibility index (Phi) is 4.58. The van der Waals surface area contributed by atoms with Crippen LogP contribution in [0.5, 0.6) is 0 Å². The quantitative estimate of drug-likeness (QED) is 0.646. The molecule has 0 aromatic heterocycles. The lowest BCUT2D eigenvalue weighted by Crippen LogP contribution is -2.36. The summed E-state index contributed by atoms with van der Waals surface area (Å²) in [7, 11) is 0. The summed E-state index contributed by atoms with van der Waals surface area (Å²) in [5.41, 5.74) is 0. The molecule has 0 aliphatic carbocycles. The third-order valence-electron chi connectivity index (χ3n) is 2.28. The first-order valence-corrected chi connectivity index (χ1v) is 4.75. The first kappa shape index (κ1) is 9.96. The Morgan fingerprint density at radius 3 is 3.08 bits per heavy atom. The molecule has 3 heteroatoms. The zero-order chi connectivity index (χ0) is 8.81. The highest BCUT2D eigenvalue weighted by atomic mass is 16.5. The second-order valence-corrected chi connectivity index (χ2v) is 3.58. The van der Waals surface area contributed by atoms with Crippen LogP contribution in [0.4, 0.5) is 0 Å². The first-order chi connectivity index (χ1) is 5.83. The van der Waals surface area contributed by atoms with Crippen molar-refractivity contribution in [3.8, 4) is 0 Å². The van der Waals surface area contributed by atoms with Crippen LogP contribution in [0.2, 0.25) is 0 Å². The van der Waals surface area contributed by atoms with Crippen molar-refractivity contribution in [1.29, 1.82) is 0 Å². The van der Waals surface area contributed by atoms with Gasteiger partial charge in [0.05, 0.1) is 13.2 Å². The van der Waals surface area contributed by atoms with Crippen molar-refractivity contribution in [1.82, 2.24) is 5.32 Å². The van der Waals surface area contributed by atoms with Gasteiger partial charge in [0.1, 0.15) is 0 Å². The van der Waals surface area contributed by atoms with E-state index in [0.717, 1.165) is 19.8 Å². The molecule has 1 fully saturated rings. The van der Waals surface area contributed by atoms with E-state index < -0.39 is 0 Å². The van der Waals surface area contributed by atoms with Crippen LogP contribution < -0.4 is 5.32 Å². The Morgan fingerprint density at radius 2 is 2.50 bits per heavy atom. The lowest BCUT2D eigenvalue weighted by atomic mass is 10.0. The fraction of sp³-hybridized carbons (Fsp3) is 1.00. The van der Waals surface area contributed by atoms with E-state index in [9.17, 15) is 0 Å². The van der Waals surface area contributed by atoms with E-state index in [2.05, 4.69) is 5.32 Å². The molecule has 0 spiro atoms. The lowest BCUT2D eigenvalue weighted by molar-refractivity contribution is 0.0531. The fourth-order valence-electron chi connectivity index (χ4n) is 1.40. The number of nitrogens with one attached hydrogen (secondary N) is 1. The van der Waals surface area contributed by atoms with Crippen molar-refractivity contribution < 1.29 is 9.84 Å². The molecule has 12 heavy (non-hydrogen) atoms. The van der Waals surface area contributed by atoms with Crippen molar-refractivity contribution in [2.45, 2.75) is 25.8 Å². The molecule has 2 N–H and O–H groups in total. The van der Waals surface area contributed by atoms with Gasteiger partial charge in [0, 0.05) is 19.2 Å². The molecule has 0 bridgehead atoms. The van der Waals surface area contributed by atoms with Crippen molar-refractivity contribution in [2.24, 2.45) is 5.92 Å². The molecule has 0 aromatic rings. The van der Waals surface area contributed by atoms with Crippen LogP contribution >= 0.6 is 0 Å². The monoisotopic (exact) mass is 173 g/mol. The summed E-state index contributed by atoms with van der Waals surface area (Å²) in [6, 6.07) is 0.215. The summed E-state index contributed by atoms with van der Waals surface area (Å²) >= 11 is 0. The molecule has 0 amide bonds. The first-order valence-electron chi connectivity index (χ1n) is 4.75. The van der Waals surface area contributed by atoms with Gasteiger partial charge in [-0.25, -0.2) is 0 Å². The molecule has 0 saturated carbocycles. The zero-order valence-electron chi connectivity index (χ0n) is 7.75. The maximum Gasteiger partial charge on any atom is 0.0581 e. The molecule has 1 aliphatic rings. The van der Waals surface area contributed by atoms with Crippen LogP contribution in [-0.4, -0.2) is 37.5 Å². The highest BCUT2D eigenvalue weighted by molar-refractivity contribution is 4.68. The molecule has 72 valence electrons. The molecule has 2 atom stereocenters. The Bertz CT molecular complexity index is 113. The van der Waals surface area contributed by atoms with E-state index in [-0.39, 0.29) is 12.6 Å². The summed E-state index contributed by atoms with van der Waals surface area (Å²) in [5.74, 6) is 0.646. The van der Waals surface area contributed by atoms with Gasteiger partial charge in [0.15, 0.2) is 0 Å². The second kappa shape index (κ2) is 5.51. The highest BCUT2D eigenvalue weighted by Gasteiger charge is 2.13. The Labute approximate surface area is 74.1 Å². The number of hydrogen-bond donors (Lipinski definition) is 2. The fourth-order valence-corrected chi connectivity index (χ4v) is 1.40. The predicted molar refractivity (Wildman–Crippen MR) is 48.1 cm³/mol. The van der Waals surface area contributed by atoms with E-state index in [1.54, 1.807) is 0 Å². The Hall–Kier alpha value is -0.120.